The van der Waals surface area contributed by atoms with Crippen LogP contribution < -0.4 is 10.6 Å². The van der Waals surface area contributed by atoms with Crippen molar-refractivity contribution in [2.45, 2.75) is 26.4 Å². The molecule has 3 rings (SSSR count). The van der Waals surface area contributed by atoms with Gasteiger partial charge in [0.25, 0.3) is 0 Å². The van der Waals surface area contributed by atoms with Crippen molar-refractivity contribution < 1.29 is 8.78 Å². The minimum absolute atomic E-state index is 0.152. The van der Waals surface area contributed by atoms with Gasteiger partial charge in [-0.1, -0.05) is 6.07 Å². The first kappa shape index (κ1) is 17.7. The quantitative estimate of drug-likeness (QED) is 0.692. The molecule has 0 spiro atoms. The molecular formula is C19H19F2N5. The third kappa shape index (κ3) is 4.72. The topological polar surface area (TPSA) is 62.7 Å². The molecule has 0 amide bonds. The van der Waals surface area contributed by atoms with Gasteiger partial charge in [0, 0.05) is 30.9 Å². The molecule has 0 atom stereocenters. The van der Waals surface area contributed by atoms with E-state index in [1.807, 2.05) is 32.0 Å². The summed E-state index contributed by atoms with van der Waals surface area (Å²) in [6.07, 6.45) is 1.69. The normalized spacial score (nSPS) is 10.8. The van der Waals surface area contributed by atoms with Crippen LogP contribution in [0.2, 0.25) is 0 Å². The van der Waals surface area contributed by atoms with E-state index in [2.05, 4.69) is 25.6 Å². The predicted octanol–water partition coefficient (Wildman–Crippen LogP) is 4.25. The van der Waals surface area contributed by atoms with Gasteiger partial charge in [-0.15, -0.1) is 0 Å². The van der Waals surface area contributed by atoms with Gasteiger partial charge in [-0.2, -0.15) is 4.98 Å². The van der Waals surface area contributed by atoms with Crippen molar-refractivity contribution in [3.63, 3.8) is 0 Å². The van der Waals surface area contributed by atoms with E-state index in [4.69, 9.17) is 0 Å². The van der Waals surface area contributed by atoms with Gasteiger partial charge in [0.05, 0.1) is 11.4 Å². The lowest BCUT2D eigenvalue weighted by Crippen LogP contribution is -2.14. The molecule has 7 heteroatoms. The molecule has 0 saturated heterocycles. The number of halogens is 2. The molecule has 0 aliphatic rings. The molecule has 1 aromatic carbocycles. The Hall–Kier alpha value is -3.09. The van der Waals surface area contributed by atoms with E-state index < -0.39 is 11.6 Å². The number of hydrogen-bond acceptors (Lipinski definition) is 5. The monoisotopic (exact) mass is 355 g/mol. The summed E-state index contributed by atoms with van der Waals surface area (Å²) in [7, 11) is 0. The van der Waals surface area contributed by atoms with Gasteiger partial charge in [-0.3, -0.25) is 4.98 Å². The van der Waals surface area contributed by atoms with Crippen LogP contribution in [0, 0.1) is 11.6 Å². The number of hydrogen-bond donors (Lipinski definition) is 2. The lowest BCUT2D eigenvalue weighted by Gasteiger charge is -2.13. The Morgan fingerprint density at radius 2 is 1.73 bits per heavy atom. The van der Waals surface area contributed by atoms with Crippen LogP contribution in [0.3, 0.4) is 0 Å². The van der Waals surface area contributed by atoms with Crippen molar-refractivity contribution in [1.29, 1.82) is 0 Å². The molecule has 0 unspecified atom stereocenters. The molecular weight excluding hydrogens is 336 g/mol. The predicted molar refractivity (Wildman–Crippen MR) is 97.7 cm³/mol. The van der Waals surface area contributed by atoms with Gasteiger partial charge in [0.1, 0.15) is 17.5 Å². The Bertz CT molecular complexity index is 864. The summed E-state index contributed by atoms with van der Waals surface area (Å²) < 4.78 is 26.7. The molecule has 0 fully saturated rings. The average molecular weight is 355 g/mol. The Balaban J connectivity index is 1.87. The molecule has 5 nitrogen and oxygen atoms in total. The maximum absolute atomic E-state index is 13.3. The van der Waals surface area contributed by atoms with Crippen LogP contribution in [0.5, 0.6) is 0 Å². The zero-order valence-electron chi connectivity index (χ0n) is 14.5. The van der Waals surface area contributed by atoms with Crippen LogP contribution in [0.1, 0.15) is 19.4 Å². The summed E-state index contributed by atoms with van der Waals surface area (Å²) in [5.74, 6) is -0.230. The first-order chi connectivity index (χ1) is 12.5. The van der Waals surface area contributed by atoms with Crippen molar-refractivity contribution in [2.24, 2.45) is 0 Å². The van der Waals surface area contributed by atoms with Crippen molar-refractivity contribution in [3.8, 4) is 11.4 Å². The second-order valence-electron chi connectivity index (χ2n) is 6.11. The highest BCUT2D eigenvalue weighted by Crippen LogP contribution is 2.20. The summed E-state index contributed by atoms with van der Waals surface area (Å²) >= 11 is 0. The number of pyridine rings is 1. The van der Waals surface area contributed by atoms with E-state index in [-0.39, 0.29) is 12.6 Å². The minimum Gasteiger partial charge on any atom is -0.366 e. The smallest absolute Gasteiger partial charge is 0.225 e. The van der Waals surface area contributed by atoms with Crippen LogP contribution in [-0.4, -0.2) is 21.0 Å². The van der Waals surface area contributed by atoms with Gasteiger partial charge in [0.2, 0.25) is 5.95 Å². The molecule has 0 saturated carbocycles. The van der Waals surface area contributed by atoms with Gasteiger partial charge in [-0.25, -0.2) is 13.8 Å². The summed E-state index contributed by atoms with van der Waals surface area (Å²) in [6.45, 7) is 4.20. The van der Waals surface area contributed by atoms with E-state index >= 15 is 0 Å². The molecule has 0 bridgehead atoms. The highest BCUT2D eigenvalue weighted by molar-refractivity contribution is 5.61. The third-order valence-corrected chi connectivity index (χ3v) is 3.47. The first-order valence-electron chi connectivity index (χ1n) is 8.25. The SMILES string of the molecule is CC(C)Nc1nc(NCc2cc(F)cc(F)c2)cc(-c2ccccn2)n1. The van der Waals surface area contributed by atoms with Crippen LogP contribution in [0.25, 0.3) is 11.4 Å². The number of nitrogens with one attached hydrogen (secondary N) is 2. The standard InChI is InChI=1S/C19H19F2N5/c1-12(2)24-19-25-17(16-5-3-4-6-22-16)10-18(26-19)23-11-13-7-14(20)9-15(21)8-13/h3-10,12H,11H2,1-2H3,(H2,23,24,25,26). The minimum atomic E-state index is -0.610. The molecule has 26 heavy (non-hydrogen) atoms. The highest BCUT2D eigenvalue weighted by atomic mass is 19.1. The fourth-order valence-corrected chi connectivity index (χ4v) is 2.41. The van der Waals surface area contributed by atoms with Gasteiger partial charge < -0.3 is 10.6 Å². The Labute approximate surface area is 150 Å². The second kappa shape index (κ2) is 7.86. The van der Waals surface area contributed by atoms with E-state index in [0.717, 1.165) is 6.07 Å². The Morgan fingerprint density at radius 1 is 0.962 bits per heavy atom. The molecule has 0 radical (unpaired) electrons. The fourth-order valence-electron chi connectivity index (χ4n) is 2.41. The molecule has 2 aromatic heterocycles. The van der Waals surface area contributed by atoms with Crippen molar-refractivity contribution in [2.75, 3.05) is 10.6 Å². The molecule has 3 aromatic rings. The van der Waals surface area contributed by atoms with Crippen molar-refractivity contribution >= 4 is 11.8 Å². The summed E-state index contributed by atoms with van der Waals surface area (Å²) in [6, 6.07) is 10.9. The van der Waals surface area contributed by atoms with Crippen LogP contribution >= 0.6 is 0 Å². The Morgan fingerprint density at radius 3 is 2.38 bits per heavy atom. The molecule has 2 heterocycles. The molecule has 2 N–H and O–H groups in total. The summed E-state index contributed by atoms with van der Waals surface area (Å²) in [4.78, 5) is 13.2. The number of benzene rings is 1. The number of rotatable bonds is 6. The Kier molecular flexibility index (Phi) is 5.36. The highest BCUT2D eigenvalue weighted by Gasteiger charge is 2.09. The lowest BCUT2D eigenvalue weighted by atomic mass is 10.2. The maximum Gasteiger partial charge on any atom is 0.225 e. The lowest BCUT2D eigenvalue weighted by molar-refractivity contribution is 0.580. The zero-order valence-corrected chi connectivity index (χ0v) is 14.5. The van der Waals surface area contributed by atoms with E-state index in [1.54, 1.807) is 12.3 Å². The van der Waals surface area contributed by atoms with E-state index in [9.17, 15) is 8.78 Å². The molecule has 0 aliphatic carbocycles. The van der Waals surface area contributed by atoms with Gasteiger partial charge >= 0.3 is 0 Å². The molecule has 134 valence electrons. The largest absolute Gasteiger partial charge is 0.366 e. The van der Waals surface area contributed by atoms with Crippen LogP contribution in [-0.2, 0) is 6.54 Å². The number of aromatic nitrogens is 3. The first-order valence-corrected chi connectivity index (χ1v) is 8.25. The fraction of sp³-hybridized carbons (Fsp3) is 0.211. The maximum atomic E-state index is 13.3. The van der Waals surface area contributed by atoms with E-state index in [0.29, 0.717) is 28.7 Å². The van der Waals surface area contributed by atoms with Gasteiger partial charge in [-0.05, 0) is 43.7 Å². The van der Waals surface area contributed by atoms with Gasteiger partial charge in [0.15, 0.2) is 0 Å². The van der Waals surface area contributed by atoms with Crippen molar-refractivity contribution in [1.82, 2.24) is 15.0 Å². The van der Waals surface area contributed by atoms with Crippen molar-refractivity contribution in [3.05, 3.63) is 65.9 Å². The number of anilines is 2. The van der Waals surface area contributed by atoms with Crippen LogP contribution in [0.4, 0.5) is 20.5 Å². The van der Waals surface area contributed by atoms with E-state index in [1.165, 1.54) is 12.1 Å². The third-order valence-electron chi connectivity index (χ3n) is 3.47. The summed E-state index contributed by atoms with van der Waals surface area (Å²) in [5.41, 5.74) is 1.84. The summed E-state index contributed by atoms with van der Waals surface area (Å²) in [5, 5.41) is 6.25. The average Bonchev–Trinajstić information content (AvgIpc) is 2.59. The van der Waals surface area contributed by atoms with Crippen LogP contribution in [0.15, 0.2) is 48.7 Å². The molecule has 0 aliphatic heterocycles. The number of nitrogens with zero attached hydrogens (tertiary/aromatic N) is 3. The zero-order chi connectivity index (χ0) is 18.5. The second-order valence-corrected chi connectivity index (χ2v) is 6.11.